The lowest BCUT2D eigenvalue weighted by Gasteiger charge is -2.18. The van der Waals surface area contributed by atoms with Crippen molar-refractivity contribution in [1.82, 2.24) is 9.80 Å². The number of imide groups is 1. The van der Waals surface area contributed by atoms with Crippen LogP contribution in [0.1, 0.15) is 24.0 Å². The minimum atomic E-state index is -0.522. The third-order valence-corrected chi connectivity index (χ3v) is 6.59. The van der Waals surface area contributed by atoms with Gasteiger partial charge in [-0.25, -0.2) is 0 Å². The number of hydrogen-bond donors (Lipinski definition) is 0. The summed E-state index contributed by atoms with van der Waals surface area (Å²) in [6, 6.07) is 11.2. The zero-order valence-corrected chi connectivity index (χ0v) is 19.8. The summed E-state index contributed by atoms with van der Waals surface area (Å²) in [5, 5.41) is 10.8. The number of ether oxygens (including phenoxy) is 2. The van der Waals surface area contributed by atoms with Crippen molar-refractivity contribution in [3.63, 3.8) is 0 Å². The summed E-state index contributed by atoms with van der Waals surface area (Å²) in [5.74, 6) is -0.0279. The topological polar surface area (TPSA) is 119 Å². The van der Waals surface area contributed by atoms with Gasteiger partial charge < -0.3 is 14.4 Å². The van der Waals surface area contributed by atoms with E-state index in [1.54, 1.807) is 47.4 Å². The highest BCUT2D eigenvalue weighted by atomic mass is 32.2. The smallest absolute Gasteiger partial charge is 0.294 e. The molecule has 182 valence electrons. The summed E-state index contributed by atoms with van der Waals surface area (Å²) in [5.41, 5.74) is 0.910. The van der Waals surface area contributed by atoms with Gasteiger partial charge in [0.2, 0.25) is 5.91 Å². The molecule has 0 atom stereocenters. The fourth-order valence-electron chi connectivity index (χ4n) is 3.85. The van der Waals surface area contributed by atoms with Gasteiger partial charge in [-0.1, -0.05) is 18.2 Å². The van der Waals surface area contributed by atoms with Crippen LogP contribution in [0.4, 0.5) is 10.5 Å². The molecular weight excluding hydrogens is 474 g/mol. The summed E-state index contributed by atoms with van der Waals surface area (Å²) in [6.07, 6.45) is 3.39. The minimum Gasteiger partial charge on any atom is -0.493 e. The minimum absolute atomic E-state index is 0.0558. The van der Waals surface area contributed by atoms with Gasteiger partial charge in [0, 0.05) is 19.2 Å². The first kappa shape index (κ1) is 24.3. The van der Waals surface area contributed by atoms with Gasteiger partial charge in [-0.3, -0.25) is 29.4 Å². The SMILES string of the molecule is COc1ccc(/C=C2\SC(=O)N(CC(=O)N3CCCC3)C2=O)cc1OCc1ccccc1[N+](=O)[O-]. The lowest BCUT2D eigenvalue weighted by molar-refractivity contribution is -0.385. The fraction of sp³-hybridized carbons (Fsp3) is 0.292. The molecule has 2 fully saturated rings. The number of nitro benzene ring substituents is 1. The molecule has 0 radical (unpaired) electrons. The molecule has 3 amide bonds. The molecule has 35 heavy (non-hydrogen) atoms. The van der Waals surface area contributed by atoms with E-state index in [0.717, 1.165) is 29.5 Å². The second kappa shape index (κ2) is 10.6. The van der Waals surface area contributed by atoms with Gasteiger partial charge in [-0.05, 0) is 54.4 Å². The normalized spacial score (nSPS) is 16.8. The first-order valence-corrected chi connectivity index (χ1v) is 11.8. The van der Waals surface area contributed by atoms with E-state index in [1.807, 2.05) is 0 Å². The Morgan fingerprint density at radius 1 is 1.14 bits per heavy atom. The van der Waals surface area contributed by atoms with Crippen molar-refractivity contribution in [2.75, 3.05) is 26.7 Å². The molecule has 0 saturated carbocycles. The molecule has 4 rings (SSSR count). The van der Waals surface area contributed by atoms with E-state index in [4.69, 9.17) is 9.47 Å². The number of benzene rings is 2. The van der Waals surface area contributed by atoms with Gasteiger partial charge in [-0.2, -0.15) is 0 Å². The molecule has 2 heterocycles. The molecule has 0 aromatic heterocycles. The van der Waals surface area contributed by atoms with E-state index in [1.165, 1.54) is 13.2 Å². The largest absolute Gasteiger partial charge is 0.493 e. The molecule has 11 heteroatoms. The lowest BCUT2D eigenvalue weighted by Crippen LogP contribution is -2.40. The maximum absolute atomic E-state index is 12.8. The van der Waals surface area contributed by atoms with Crippen LogP contribution in [0, 0.1) is 10.1 Å². The number of para-hydroxylation sites is 1. The standard InChI is InChI=1S/C24H23N3O7S/c1-33-19-9-8-16(12-20(19)34-15-17-6-2-3-7-18(17)27(31)32)13-21-23(29)26(24(30)35-21)14-22(28)25-10-4-5-11-25/h2-3,6-9,12-13H,4-5,10-11,14-15H2,1H3/b21-13-. The zero-order valence-electron chi connectivity index (χ0n) is 19.0. The molecule has 0 spiro atoms. The highest BCUT2D eigenvalue weighted by Crippen LogP contribution is 2.35. The number of carbonyl (C=O) groups excluding carboxylic acids is 3. The molecule has 2 aromatic carbocycles. The van der Waals surface area contributed by atoms with Gasteiger partial charge in [0.15, 0.2) is 11.5 Å². The lowest BCUT2D eigenvalue weighted by atomic mass is 10.1. The molecule has 2 aromatic rings. The van der Waals surface area contributed by atoms with Gasteiger partial charge in [0.1, 0.15) is 13.2 Å². The first-order valence-electron chi connectivity index (χ1n) is 10.9. The maximum Gasteiger partial charge on any atom is 0.294 e. The van der Waals surface area contributed by atoms with Crippen LogP contribution in [0.5, 0.6) is 11.5 Å². The van der Waals surface area contributed by atoms with Gasteiger partial charge in [0.25, 0.3) is 16.8 Å². The van der Waals surface area contributed by atoms with Crippen LogP contribution in [0.25, 0.3) is 6.08 Å². The number of nitrogens with zero attached hydrogens (tertiary/aromatic N) is 3. The van der Waals surface area contributed by atoms with E-state index in [9.17, 15) is 24.5 Å². The number of hydrogen-bond acceptors (Lipinski definition) is 8. The maximum atomic E-state index is 12.8. The van der Waals surface area contributed by atoms with Gasteiger partial charge >= 0.3 is 0 Å². The first-order chi connectivity index (χ1) is 16.9. The van der Waals surface area contributed by atoms with E-state index in [2.05, 4.69) is 0 Å². The molecule has 2 aliphatic rings. The Kier molecular flexibility index (Phi) is 7.35. The van der Waals surface area contributed by atoms with Crippen LogP contribution in [0.2, 0.25) is 0 Å². The highest BCUT2D eigenvalue weighted by Gasteiger charge is 2.37. The molecule has 0 unspecified atom stereocenters. The highest BCUT2D eigenvalue weighted by molar-refractivity contribution is 8.18. The number of carbonyl (C=O) groups is 3. The van der Waals surface area contributed by atoms with Crippen molar-refractivity contribution in [2.24, 2.45) is 0 Å². The Labute approximate surface area is 205 Å². The molecule has 2 aliphatic heterocycles. The third kappa shape index (κ3) is 5.46. The zero-order chi connectivity index (χ0) is 24.9. The van der Waals surface area contributed by atoms with Crippen molar-refractivity contribution >= 4 is 40.6 Å². The molecule has 0 aliphatic carbocycles. The van der Waals surface area contributed by atoms with Crippen LogP contribution >= 0.6 is 11.8 Å². The number of nitro groups is 1. The molecule has 10 nitrogen and oxygen atoms in total. The van der Waals surface area contributed by atoms with Gasteiger partial charge in [0.05, 0.1) is 22.5 Å². The Morgan fingerprint density at radius 3 is 2.60 bits per heavy atom. The van der Waals surface area contributed by atoms with Crippen molar-refractivity contribution < 1.29 is 28.8 Å². The van der Waals surface area contributed by atoms with Crippen LogP contribution in [-0.2, 0) is 16.2 Å². The van der Waals surface area contributed by atoms with E-state index in [0.29, 0.717) is 35.7 Å². The third-order valence-electron chi connectivity index (χ3n) is 5.68. The van der Waals surface area contributed by atoms with Crippen molar-refractivity contribution in [3.05, 3.63) is 68.6 Å². The van der Waals surface area contributed by atoms with Crippen molar-refractivity contribution in [1.29, 1.82) is 0 Å². The number of likely N-dealkylation sites (tertiary alicyclic amines) is 1. The second-order valence-corrected chi connectivity index (χ2v) is 8.93. The van der Waals surface area contributed by atoms with Crippen molar-refractivity contribution in [3.8, 4) is 11.5 Å². The predicted molar refractivity (Wildman–Crippen MR) is 129 cm³/mol. The van der Waals surface area contributed by atoms with Crippen LogP contribution < -0.4 is 9.47 Å². The second-order valence-electron chi connectivity index (χ2n) is 7.94. The molecular formula is C24H23N3O7S. The summed E-state index contributed by atoms with van der Waals surface area (Å²) in [4.78, 5) is 51.2. The fourth-order valence-corrected chi connectivity index (χ4v) is 4.69. The van der Waals surface area contributed by atoms with Crippen LogP contribution in [-0.4, -0.2) is 58.5 Å². The number of amides is 3. The van der Waals surface area contributed by atoms with E-state index < -0.39 is 16.1 Å². The van der Waals surface area contributed by atoms with E-state index >= 15 is 0 Å². The van der Waals surface area contributed by atoms with Crippen LogP contribution in [0.3, 0.4) is 0 Å². The monoisotopic (exact) mass is 497 g/mol. The number of methoxy groups -OCH3 is 1. The summed E-state index contributed by atoms with van der Waals surface area (Å²) in [6.45, 7) is 0.957. The summed E-state index contributed by atoms with van der Waals surface area (Å²) >= 11 is 0.773. The number of rotatable bonds is 8. The summed E-state index contributed by atoms with van der Waals surface area (Å²) in [7, 11) is 1.47. The molecule has 2 saturated heterocycles. The average Bonchev–Trinajstić information content (AvgIpc) is 3.48. The predicted octanol–water partition coefficient (Wildman–Crippen LogP) is 3.84. The molecule has 0 bridgehead atoms. The van der Waals surface area contributed by atoms with Crippen molar-refractivity contribution in [2.45, 2.75) is 19.4 Å². The molecule has 0 N–H and O–H groups in total. The quantitative estimate of drug-likeness (QED) is 0.307. The number of thioether (sulfide) groups is 1. The Morgan fingerprint density at radius 2 is 1.89 bits per heavy atom. The Bertz CT molecular complexity index is 1210. The Balaban J connectivity index is 1.50. The average molecular weight is 498 g/mol. The van der Waals surface area contributed by atoms with Crippen LogP contribution in [0.15, 0.2) is 47.4 Å². The van der Waals surface area contributed by atoms with Gasteiger partial charge in [-0.15, -0.1) is 0 Å². The van der Waals surface area contributed by atoms with E-state index in [-0.39, 0.29) is 29.7 Å². The summed E-state index contributed by atoms with van der Waals surface area (Å²) < 4.78 is 11.1. The Hall–Kier alpha value is -3.86.